The predicted octanol–water partition coefficient (Wildman–Crippen LogP) is 13.0. The smallest absolute Gasteiger partial charge is 0.442 e. The van der Waals surface area contributed by atoms with Crippen molar-refractivity contribution in [2.24, 2.45) is 0 Å². The minimum Gasteiger partial charge on any atom is -0.457 e. The van der Waals surface area contributed by atoms with E-state index in [0.29, 0.717) is 11.5 Å². The van der Waals surface area contributed by atoms with Crippen LogP contribution in [0.2, 0.25) is 0 Å². The number of sulfone groups is 1. The molecule has 15 heteroatoms. The second-order valence-electron chi connectivity index (χ2n) is 13.8. The van der Waals surface area contributed by atoms with Crippen LogP contribution in [0.15, 0.2) is 178 Å². The number of hydrogen-bond donors (Lipinski definition) is 1. The Balaban J connectivity index is 1.05. The highest BCUT2D eigenvalue weighted by Crippen LogP contribution is 2.52. The maximum absolute atomic E-state index is 14.9. The van der Waals surface area contributed by atoms with Crippen molar-refractivity contribution in [3.63, 3.8) is 0 Å². The molecule has 7 aromatic rings. The van der Waals surface area contributed by atoms with Gasteiger partial charge in [-0.15, -0.1) is 0 Å². The molecule has 0 fully saturated rings. The lowest BCUT2D eigenvalue weighted by atomic mass is 10.0. The first-order valence-electron chi connectivity index (χ1n) is 18.3. The third-order valence-electron chi connectivity index (χ3n) is 9.26. The summed E-state index contributed by atoms with van der Waals surface area (Å²) < 4.78 is 134. The van der Waals surface area contributed by atoms with Crippen molar-refractivity contribution in [3.8, 4) is 56.8 Å². The molecule has 0 bridgehead atoms. The summed E-state index contributed by atoms with van der Waals surface area (Å²) in [6.07, 6.45) is 0. The summed E-state index contributed by atoms with van der Waals surface area (Å²) in [6, 6.07) is 44.3. The van der Waals surface area contributed by atoms with E-state index in [4.69, 9.17) is 18.8 Å². The summed E-state index contributed by atoms with van der Waals surface area (Å²) in [6.45, 7) is 3.83. The van der Waals surface area contributed by atoms with Gasteiger partial charge in [-0.2, -0.15) is 26.0 Å². The number of alkyl halides is 4. The zero-order valence-corrected chi connectivity index (χ0v) is 34.6. The van der Waals surface area contributed by atoms with Gasteiger partial charge in [-0.05, 0) is 139 Å². The summed E-state index contributed by atoms with van der Waals surface area (Å²) in [5.41, 5.74) is 5.33. The van der Waals surface area contributed by atoms with E-state index in [-0.39, 0.29) is 32.8 Å². The largest absolute Gasteiger partial charge is 0.457 e. The average molecular weight is 887 g/mol. The molecule has 61 heavy (non-hydrogen) atoms. The van der Waals surface area contributed by atoms with Gasteiger partial charge in [0, 0.05) is 0 Å². The number of benzene rings is 7. The SMILES string of the molecule is Cc1ccc(-c2ccc(Oc3ccc(Oc4ccc(-c5ccc(Oc6ccc(S(=O)(=O)c7ccc(C)cc7)cc6)cc5)cc4)cc3SC(F)(F)C(F)(F)S(=O)(=O)O)cc2)cc1. The van der Waals surface area contributed by atoms with Crippen LogP contribution in [-0.4, -0.2) is 31.9 Å². The number of rotatable bonds is 14. The standard InChI is InChI=1S/C46H34F4O8S3/c1-30-3-7-32(8-4-30)33-13-19-39(20-14-33)58-43-28-23-40(29-44(43)59-45(47,48)46(49,50)61(53,54)55)57-37-17-11-35(12-18-37)34-9-15-36(16-10-34)56-38-21-26-42(27-22-38)60(51,52)41-24-5-31(2)6-25-41/h3-29H,1-2H3,(H,53,54,55). The minimum atomic E-state index is -6.51. The number of ether oxygens (including phenoxy) is 3. The van der Waals surface area contributed by atoms with Crippen LogP contribution in [0.25, 0.3) is 22.3 Å². The van der Waals surface area contributed by atoms with Crippen LogP contribution in [-0.2, 0) is 20.0 Å². The van der Waals surface area contributed by atoms with E-state index >= 15 is 0 Å². The van der Waals surface area contributed by atoms with Crippen molar-refractivity contribution < 1.29 is 53.2 Å². The molecule has 0 saturated heterocycles. The quantitative estimate of drug-likeness (QED) is 0.0647. The second-order valence-corrected chi connectivity index (χ2v) is 18.3. The Labute approximate surface area is 354 Å². The topological polar surface area (TPSA) is 116 Å². The molecule has 0 aliphatic rings. The molecular formula is C46H34F4O8S3. The Morgan fingerprint density at radius 2 is 0.787 bits per heavy atom. The predicted molar refractivity (Wildman–Crippen MR) is 226 cm³/mol. The van der Waals surface area contributed by atoms with E-state index in [1.165, 1.54) is 24.3 Å². The molecule has 0 unspecified atom stereocenters. The van der Waals surface area contributed by atoms with Crippen molar-refractivity contribution in [3.05, 3.63) is 175 Å². The van der Waals surface area contributed by atoms with E-state index in [1.54, 1.807) is 97.1 Å². The normalized spacial score (nSPS) is 12.2. The van der Waals surface area contributed by atoms with Gasteiger partial charge in [0.15, 0.2) is 0 Å². The first-order valence-corrected chi connectivity index (χ1v) is 22.0. The van der Waals surface area contributed by atoms with E-state index in [9.17, 15) is 34.4 Å². The third-order valence-corrected chi connectivity index (χ3v) is 13.1. The number of aryl methyl sites for hydroxylation is 2. The molecule has 0 saturated carbocycles. The van der Waals surface area contributed by atoms with Gasteiger partial charge >= 0.3 is 20.6 Å². The van der Waals surface area contributed by atoms with E-state index < -0.39 is 47.1 Å². The first kappa shape index (κ1) is 43.0. The molecule has 8 nitrogen and oxygen atoms in total. The van der Waals surface area contributed by atoms with E-state index in [1.807, 2.05) is 50.2 Å². The van der Waals surface area contributed by atoms with E-state index in [0.717, 1.165) is 39.4 Å². The van der Waals surface area contributed by atoms with Crippen molar-refractivity contribution in [1.29, 1.82) is 0 Å². The Morgan fingerprint density at radius 1 is 0.459 bits per heavy atom. The molecule has 0 heterocycles. The third kappa shape index (κ3) is 9.76. The summed E-state index contributed by atoms with van der Waals surface area (Å²) in [4.78, 5) is -0.273. The molecule has 312 valence electrons. The number of hydrogen-bond acceptors (Lipinski definition) is 8. The van der Waals surface area contributed by atoms with Gasteiger partial charge in [-0.3, -0.25) is 4.55 Å². The fourth-order valence-electron chi connectivity index (χ4n) is 5.90. The monoisotopic (exact) mass is 886 g/mol. The Bertz CT molecular complexity index is 2870. The summed E-state index contributed by atoms with van der Waals surface area (Å²) >= 11 is -0.808. The highest BCUT2D eigenvalue weighted by atomic mass is 32.2. The molecular weight excluding hydrogens is 853 g/mol. The van der Waals surface area contributed by atoms with Gasteiger partial charge in [-0.1, -0.05) is 83.9 Å². The van der Waals surface area contributed by atoms with Crippen LogP contribution < -0.4 is 14.2 Å². The van der Waals surface area contributed by atoms with Crippen LogP contribution in [0.5, 0.6) is 34.5 Å². The van der Waals surface area contributed by atoms with Crippen LogP contribution >= 0.6 is 11.8 Å². The molecule has 0 atom stereocenters. The number of halogens is 4. The zero-order chi connectivity index (χ0) is 43.6. The van der Waals surface area contributed by atoms with Gasteiger partial charge in [-0.25, -0.2) is 8.42 Å². The molecule has 0 aliphatic heterocycles. The van der Waals surface area contributed by atoms with Crippen LogP contribution in [0.1, 0.15) is 11.1 Å². The van der Waals surface area contributed by atoms with E-state index in [2.05, 4.69) is 0 Å². The van der Waals surface area contributed by atoms with Gasteiger partial charge in [0.2, 0.25) is 9.84 Å². The van der Waals surface area contributed by atoms with Gasteiger partial charge in [0.1, 0.15) is 34.5 Å². The summed E-state index contributed by atoms with van der Waals surface area (Å²) in [5, 5.41) is -11.2. The Morgan fingerprint density at radius 3 is 1.21 bits per heavy atom. The molecule has 0 aliphatic carbocycles. The number of thioether (sulfide) groups is 1. The lowest BCUT2D eigenvalue weighted by molar-refractivity contribution is -0.0946. The van der Waals surface area contributed by atoms with Crippen molar-refractivity contribution in [1.82, 2.24) is 0 Å². The van der Waals surface area contributed by atoms with Gasteiger partial charge in [0.25, 0.3) is 0 Å². The maximum Gasteiger partial charge on any atom is 0.442 e. The molecule has 1 N–H and O–H groups in total. The van der Waals surface area contributed by atoms with Crippen molar-refractivity contribution in [2.75, 3.05) is 0 Å². The van der Waals surface area contributed by atoms with Crippen LogP contribution in [0.3, 0.4) is 0 Å². The highest BCUT2D eigenvalue weighted by Gasteiger charge is 2.66. The van der Waals surface area contributed by atoms with Crippen LogP contribution in [0.4, 0.5) is 17.6 Å². The highest BCUT2D eigenvalue weighted by molar-refractivity contribution is 8.01. The molecule has 0 radical (unpaired) electrons. The molecule has 7 rings (SSSR count). The first-order chi connectivity index (χ1) is 28.9. The van der Waals surface area contributed by atoms with Gasteiger partial charge < -0.3 is 14.2 Å². The lowest BCUT2D eigenvalue weighted by Crippen LogP contribution is -2.44. The maximum atomic E-state index is 14.9. The van der Waals surface area contributed by atoms with Gasteiger partial charge in [0.05, 0.1) is 14.7 Å². The van der Waals surface area contributed by atoms with Crippen molar-refractivity contribution >= 4 is 31.7 Å². The lowest BCUT2D eigenvalue weighted by Gasteiger charge is -2.24. The average Bonchev–Trinajstić information content (AvgIpc) is 3.23. The Kier molecular flexibility index (Phi) is 12.0. The molecule has 0 spiro atoms. The second kappa shape index (κ2) is 17.1. The molecule has 0 aromatic heterocycles. The fraction of sp³-hybridized carbons (Fsp3) is 0.0870. The fourth-order valence-corrected chi connectivity index (χ4v) is 8.68. The summed E-state index contributed by atoms with van der Waals surface area (Å²) in [7, 11) is -10.2. The van der Waals surface area contributed by atoms with Crippen LogP contribution in [0, 0.1) is 13.8 Å². The molecule has 7 aromatic carbocycles. The summed E-state index contributed by atoms with van der Waals surface area (Å²) in [5.74, 6) is 0.984. The zero-order valence-electron chi connectivity index (χ0n) is 32.1. The Hall–Kier alpha value is -6.13. The molecule has 0 amide bonds. The van der Waals surface area contributed by atoms with Crippen molar-refractivity contribution in [2.45, 2.75) is 39.0 Å². The minimum absolute atomic E-state index is 0.0643.